The van der Waals surface area contributed by atoms with Gasteiger partial charge in [-0.15, -0.1) is 0 Å². The van der Waals surface area contributed by atoms with Crippen LogP contribution >= 0.6 is 0 Å². The molecule has 65 heavy (non-hydrogen) atoms. The Bertz CT molecular complexity index is 3760. The normalized spacial score (nSPS) is 11.7. The highest BCUT2D eigenvalue weighted by Gasteiger charge is 2.20. The van der Waals surface area contributed by atoms with Crippen molar-refractivity contribution in [1.82, 2.24) is 19.9 Å². The van der Waals surface area contributed by atoms with Crippen LogP contribution in [-0.4, -0.2) is 19.9 Å². The van der Waals surface area contributed by atoms with E-state index in [-0.39, 0.29) is 0 Å². The summed E-state index contributed by atoms with van der Waals surface area (Å²) in [4.78, 5) is 20.3. The number of aromatic nitrogens is 4. The summed E-state index contributed by atoms with van der Waals surface area (Å²) in [6, 6.07) is 73.0. The fraction of sp³-hybridized carbons (Fsp3) is 0. The first-order valence-corrected chi connectivity index (χ1v) is 21.8. The highest BCUT2D eigenvalue weighted by molar-refractivity contribution is 6.16. The molecule has 5 heteroatoms. The molecular formula is C60H36N4O. The lowest BCUT2D eigenvalue weighted by Crippen LogP contribution is -2.01. The number of benzene rings is 10. The second-order valence-corrected chi connectivity index (χ2v) is 16.6. The van der Waals surface area contributed by atoms with Gasteiger partial charge in [-0.1, -0.05) is 152 Å². The van der Waals surface area contributed by atoms with Gasteiger partial charge in [0.05, 0.1) is 0 Å². The van der Waals surface area contributed by atoms with E-state index in [0.717, 1.165) is 60.9 Å². The number of hydrogen-bond donors (Lipinski definition) is 0. The quantitative estimate of drug-likeness (QED) is 0.156. The zero-order valence-corrected chi connectivity index (χ0v) is 35.0. The van der Waals surface area contributed by atoms with Crippen LogP contribution in [0.2, 0.25) is 0 Å². The Labute approximate surface area is 374 Å². The molecule has 0 spiro atoms. The Morgan fingerprint density at radius 2 is 0.723 bits per heavy atom. The molecule has 0 bridgehead atoms. The molecule has 0 aliphatic carbocycles. The lowest BCUT2D eigenvalue weighted by molar-refractivity contribution is 0.669. The summed E-state index contributed by atoms with van der Waals surface area (Å²) in [6.07, 6.45) is 3.67. The number of furan rings is 1. The van der Waals surface area contributed by atoms with Crippen LogP contribution in [0.3, 0.4) is 0 Å². The summed E-state index contributed by atoms with van der Waals surface area (Å²) in [5.41, 5.74) is 10.8. The summed E-state index contributed by atoms with van der Waals surface area (Å²) in [7, 11) is 0. The largest absolute Gasteiger partial charge is 0.456 e. The number of para-hydroxylation sites is 1. The van der Waals surface area contributed by atoms with E-state index in [9.17, 15) is 0 Å². The minimum Gasteiger partial charge on any atom is -0.456 e. The van der Waals surface area contributed by atoms with Crippen molar-refractivity contribution in [2.45, 2.75) is 0 Å². The third-order valence-corrected chi connectivity index (χ3v) is 12.7. The maximum absolute atomic E-state index is 6.39. The molecule has 0 amide bonds. The van der Waals surface area contributed by atoms with Crippen molar-refractivity contribution in [2.24, 2.45) is 0 Å². The fourth-order valence-corrected chi connectivity index (χ4v) is 9.67. The van der Waals surface area contributed by atoms with E-state index in [4.69, 9.17) is 19.4 Å². The molecule has 0 atom stereocenters. The monoisotopic (exact) mass is 828 g/mol. The minimum absolute atomic E-state index is 0.557. The number of fused-ring (bicyclic) bond motifs is 7. The van der Waals surface area contributed by atoms with Gasteiger partial charge in [0.25, 0.3) is 0 Å². The highest BCUT2D eigenvalue weighted by atomic mass is 16.3. The predicted octanol–water partition coefficient (Wildman–Crippen LogP) is 15.8. The van der Waals surface area contributed by atoms with Crippen molar-refractivity contribution in [2.75, 3.05) is 0 Å². The Morgan fingerprint density at radius 3 is 1.28 bits per heavy atom. The molecule has 3 aromatic heterocycles. The summed E-state index contributed by atoms with van der Waals surface area (Å²) >= 11 is 0. The van der Waals surface area contributed by atoms with Crippen molar-refractivity contribution in [3.8, 4) is 67.5 Å². The van der Waals surface area contributed by atoms with Crippen LogP contribution in [0.4, 0.5) is 0 Å². The van der Waals surface area contributed by atoms with E-state index in [0.29, 0.717) is 17.5 Å². The van der Waals surface area contributed by atoms with Crippen LogP contribution < -0.4 is 0 Å². The van der Waals surface area contributed by atoms with Gasteiger partial charge in [0, 0.05) is 39.9 Å². The van der Waals surface area contributed by atoms with Gasteiger partial charge in [0.1, 0.15) is 11.2 Å². The molecule has 0 radical (unpaired) electrons. The average Bonchev–Trinajstić information content (AvgIpc) is 3.75. The van der Waals surface area contributed by atoms with Gasteiger partial charge >= 0.3 is 0 Å². The Morgan fingerprint density at radius 1 is 0.277 bits per heavy atom. The summed E-state index contributed by atoms with van der Waals surface area (Å²) < 4.78 is 6.39. The first-order valence-electron chi connectivity index (χ1n) is 21.8. The van der Waals surface area contributed by atoms with E-state index in [1.54, 1.807) is 6.20 Å². The lowest BCUT2D eigenvalue weighted by atomic mass is 9.87. The van der Waals surface area contributed by atoms with Crippen LogP contribution in [0.5, 0.6) is 0 Å². The molecule has 0 aliphatic heterocycles. The van der Waals surface area contributed by atoms with Crippen LogP contribution in [0.15, 0.2) is 223 Å². The Hall–Kier alpha value is -8.80. The summed E-state index contributed by atoms with van der Waals surface area (Å²) in [6.45, 7) is 0. The topological polar surface area (TPSA) is 64.7 Å². The minimum atomic E-state index is 0.557. The van der Waals surface area contributed by atoms with Crippen LogP contribution in [0, 0.1) is 0 Å². The van der Waals surface area contributed by atoms with Crippen LogP contribution in [0.25, 0.3) is 133 Å². The molecule has 3 heterocycles. The SMILES string of the molecule is c1cncc(-c2ccc(-c3nc(-c4cc(-c5c6ccccc6cc6ccccc56)cc(-c5c6ccccc6cc6ccccc56)c4)nc(-c4ccc5c(c4)oc4ccccc45)n3)cc2)c1. The average molecular weight is 829 g/mol. The van der Waals surface area contributed by atoms with Crippen molar-refractivity contribution < 1.29 is 4.42 Å². The second-order valence-electron chi connectivity index (χ2n) is 16.6. The molecule has 5 nitrogen and oxygen atoms in total. The van der Waals surface area contributed by atoms with E-state index in [1.807, 2.05) is 30.5 Å². The Kier molecular flexibility index (Phi) is 8.46. The molecular weight excluding hydrogens is 793 g/mol. The second kappa shape index (κ2) is 14.9. The third kappa shape index (κ3) is 6.32. The Balaban J connectivity index is 1.10. The predicted molar refractivity (Wildman–Crippen MR) is 268 cm³/mol. The number of pyridine rings is 1. The molecule has 0 saturated carbocycles. The molecule has 13 rings (SSSR count). The van der Waals surface area contributed by atoms with Gasteiger partial charge in [0.15, 0.2) is 17.5 Å². The van der Waals surface area contributed by atoms with Gasteiger partial charge in [-0.25, -0.2) is 15.0 Å². The van der Waals surface area contributed by atoms with Gasteiger partial charge < -0.3 is 4.42 Å². The molecule has 0 unspecified atom stereocenters. The number of nitrogens with zero attached hydrogens (tertiary/aromatic N) is 4. The number of hydrogen-bond acceptors (Lipinski definition) is 5. The van der Waals surface area contributed by atoms with Gasteiger partial charge in [0.2, 0.25) is 0 Å². The first kappa shape index (κ1) is 36.8. The van der Waals surface area contributed by atoms with E-state index >= 15 is 0 Å². The molecule has 10 aromatic carbocycles. The highest BCUT2D eigenvalue weighted by Crippen LogP contribution is 2.44. The summed E-state index contributed by atoms with van der Waals surface area (Å²) in [5, 5.41) is 11.6. The van der Waals surface area contributed by atoms with Gasteiger partial charge in [-0.2, -0.15) is 0 Å². The van der Waals surface area contributed by atoms with E-state index in [1.165, 1.54) is 54.2 Å². The van der Waals surface area contributed by atoms with E-state index < -0.39 is 0 Å². The number of rotatable bonds is 6. The van der Waals surface area contributed by atoms with Crippen molar-refractivity contribution in [1.29, 1.82) is 0 Å². The smallest absolute Gasteiger partial charge is 0.164 e. The van der Waals surface area contributed by atoms with E-state index in [2.05, 4.69) is 187 Å². The molecule has 0 N–H and O–H groups in total. The van der Waals surface area contributed by atoms with Crippen LogP contribution in [-0.2, 0) is 0 Å². The first-order chi connectivity index (χ1) is 32.2. The standard InChI is InChI=1S/C60H36N4O/c1-5-17-48-39(12-1)30-40-13-2-6-18-49(40)56(48)45-32-46(57-50-19-7-3-14-41(50)31-42-15-4-8-20-51(42)57)34-47(33-45)60-63-58(38-25-23-37(24-26-38)44-16-11-29-61-36-44)62-59(64-60)43-27-28-53-52-21-9-10-22-54(52)65-55(53)35-43/h1-36H. The molecule has 13 aromatic rings. The van der Waals surface area contributed by atoms with Crippen molar-refractivity contribution in [3.05, 3.63) is 219 Å². The van der Waals surface area contributed by atoms with Crippen LogP contribution in [0.1, 0.15) is 0 Å². The van der Waals surface area contributed by atoms with Gasteiger partial charge in [-0.05, 0) is 131 Å². The molecule has 0 saturated heterocycles. The maximum atomic E-state index is 6.39. The van der Waals surface area contributed by atoms with Crippen molar-refractivity contribution in [3.63, 3.8) is 0 Å². The fourth-order valence-electron chi connectivity index (χ4n) is 9.67. The maximum Gasteiger partial charge on any atom is 0.164 e. The van der Waals surface area contributed by atoms with Gasteiger partial charge in [-0.3, -0.25) is 4.98 Å². The molecule has 302 valence electrons. The zero-order chi connectivity index (χ0) is 42.8. The van der Waals surface area contributed by atoms with Crippen molar-refractivity contribution >= 4 is 65.0 Å². The third-order valence-electron chi connectivity index (χ3n) is 12.7. The zero-order valence-electron chi connectivity index (χ0n) is 35.0. The summed E-state index contributed by atoms with van der Waals surface area (Å²) in [5.74, 6) is 1.70. The lowest BCUT2D eigenvalue weighted by Gasteiger charge is -2.18. The molecule has 0 fully saturated rings. The molecule has 0 aliphatic rings.